The molecular formula is C4H9NO. The summed E-state index contributed by atoms with van der Waals surface area (Å²) in [6, 6.07) is 0. The second-order valence-corrected chi connectivity index (χ2v) is 1.71. The quantitative estimate of drug-likeness (QED) is 0.460. The minimum atomic E-state index is -0.208. The molecule has 6 heavy (non-hydrogen) atoms. The summed E-state index contributed by atoms with van der Waals surface area (Å²) in [6.07, 6.45) is 0.938. The highest BCUT2D eigenvalue weighted by molar-refractivity contribution is 4.82. The second kappa shape index (κ2) is 0.950. The predicted molar refractivity (Wildman–Crippen MR) is 23.2 cm³/mol. The number of rotatable bonds is 1. The fraction of sp³-hybridized carbons (Fsp3) is 1.00. The highest BCUT2D eigenvalue weighted by Crippen LogP contribution is 2.22. The summed E-state index contributed by atoms with van der Waals surface area (Å²) < 4.78 is 4.82. The highest BCUT2D eigenvalue weighted by atomic mass is 16.6. The van der Waals surface area contributed by atoms with Crippen molar-refractivity contribution in [3.05, 3.63) is 0 Å². The van der Waals surface area contributed by atoms with E-state index in [0.29, 0.717) is 0 Å². The Bertz CT molecular complexity index is 58.6. The third-order valence-electron chi connectivity index (χ3n) is 1.11. The van der Waals surface area contributed by atoms with Gasteiger partial charge >= 0.3 is 0 Å². The first-order chi connectivity index (χ1) is 2.77. The van der Waals surface area contributed by atoms with Gasteiger partial charge in [-0.2, -0.15) is 0 Å². The van der Waals surface area contributed by atoms with Crippen LogP contribution >= 0.6 is 0 Å². The van der Waals surface area contributed by atoms with Crippen LogP contribution in [0.2, 0.25) is 0 Å². The van der Waals surface area contributed by atoms with Crippen LogP contribution in [0.15, 0.2) is 0 Å². The van der Waals surface area contributed by atoms with Crippen molar-refractivity contribution in [3.63, 3.8) is 0 Å². The topological polar surface area (TPSA) is 38.5 Å². The van der Waals surface area contributed by atoms with Crippen molar-refractivity contribution >= 4 is 0 Å². The van der Waals surface area contributed by atoms with E-state index in [-0.39, 0.29) is 5.72 Å². The first-order valence-corrected chi connectivity index (χ1v) is 2.20. The van der Waals surface area contributed by atoms with Crippen molar-refractivity contribution in [3.8, 4) is 0 Å². The number of hydrogen-bond donors (Lipinski definition) is 1. The zero-order valence-corrected chi connectivity index (χ0v) is 3.90. The SMILES string of the molecule is CCC1(N)CO1. The van der Waals surface area contributed by atoms with Crippen molar-refractivity contribution in [2.24, 2.45) is 5.73 Å². The summed E-state index contributed by atoms with van der Waals surface area (Å²) in [4.78, 5) is 0. The Morgan fingerprint density at radius 3 is 2.50 bits per heavy atom. The van der Waals surface area contributed by atoms with E-state index >= 15 is 0 Å². The maximum atomic E-state index is 5.42. The van der Waals surface area contributed by atoms with Crippen LogP contribution in [0.5, 0.6) is 0 Å². The second-order valence-electron chi connectivity index (χ2n) is 1.71. The average Bonchev–Trinajstić information content (AvgIpc) is 2.22. The van der Waals surface area contributed by atoms with Crippen LogP contribution in [0, 0.1) is 0 Å². The maximum Gasteiger partial charge on any atom is 0.140 e. The van der Waals surface area contributed by atoms with E-state index in [9.17, 15) is 0 Å². The summed E-state index contributed by atoms with van der Waals surface area (Å²) in [5.74, 6) is 0. The molecule has 1 aliphatic rings. The van der Waals surface area contributed by atoms with Crippen LogP contribution in [0.4, 0.5) is 0 Å². The van der Waals surface area contributed by atoms with Crippen LogP contribution in [0.25, 0.3) is 0 Å². The molecule has 0 aromatic heterocycles. The zero-order valence-electron chi connectivity index (χ0n) is 3.90. The van der Waals surface area contributed by atoms with Gasteiger partial charge in [0.25, 0.3) is 0 Å². The summed E-state index contributed by atoms with van der Waals surface area (Å²) in [5.41, 5.74) is 5.22. The van der Waals surface area contributed by atoms with Crippen molar-refractivity contribution in [1.29, 1.82) is 0 Å². The Morgan fingerprint density at radius 1 is 2.00 bits per heavy atom. The van der Waals surface area contributed by atoms with Crippen LogP contribution in [0.3, 0.4) is 0 Å². The van der Waals surface area contributed by atoms with Gasteiger partial charge in [-0.25, -0.2) is 0 Å². The Morgan fingerprint density at radius 2 is 2.50 bits per heavy atom. The van der Waals surface area contributed by atoms with Crippen LogP contribution in [-0.2, 0) is 4.74 Å². The number of hydrogen-bond acceptors (Lipinski definition) is 2. The first-order valence-electron chi connectivity index (χ1n) is 2.20. The van der Waals surface area contributed by atoms with Gasteiger partial charge in [0.2, 0.25) is 0 Å². The van der Waals surface area contributed by atoms with Gasteiger partial charge in [0.15, 0.2) is 0 Å². The van der Waals surface area contributed by atoms with Gasteiger partial charge in [-0.05, 0) is 6.42 Å². The van der Waals surface area contributed by atoms with Gasteiger partial charge in [0.05, 0.1) is 6.61 Å². The van der Waals surface area contributed by atoms with Gasteiger partial charge in [-0.15, -0.1) is 0 Å². The van der Waals surface area contributed by atoms with Gasteiger partial charge in [0, 0.05) is 0 Å². The van der Waals surface area contributed by atoms with Gasteiger partial charge in [0.1, 0.15) is 5.72 Å². The standard InChI is InChI=1S/C4H9NO/c1-2-4(5)3-6-4/h2-3,5H2,1H3. The molecule has 2 nitrogen and oxygen atoms in total. The van der Waals surface area contributed by atoms with Crippen LogP contribution in [-0.4, -0.2) is 12.3 Å². The molecule has 0 saturated carbocycles. The van der Waals surface area contributed by atoms with Crippen molar-refractivity contribution in [2.45, 2.75) is 19.1 Å². The minimum absolute atomic E-state index is 0.208. The lowest BCUT2D eigenvalue weighted by Crippen LogP contribution is -2.21. The Kier molecular flexibility index (Phi) is 0.648. The van der Waals surface area contributed by atoms with E-state index < -0.39 is 0 Å². The zero-order chi connectivity index (χ0) is 4.62. The lowest BCUT2D eigenvalue weighted by molar-refractivity contribution is 0.304. The van der Waals surface area contributed by atoms with Crippen LogP contribution < -0.4 is 5.73 Å². The summed E-state index contributed by atoms with van der Waals surface area (Å²) in [7, 11) is 0. The fourth-order valence-corrected chi connectivity index (χ4v) is 0.297. The maximum absolute atomic E-state index is 5.42. The van der Waals surface area contributed by atoms with E-state index in [1.807, 2.05) is 6.92 Å². The Labute approximate surface area is 37.3 Å². The van der Waals surface area contributed by atoms with E-state index in [0.717, 1.165) is 13.0 Å². The minimum Gasteiger partial charge on any atom is -0.354 e. The van der Waals surface area contributed by atoms with Crippen molar-refractivity contribution < 1.29 is 4.74 Å². The first kappa shape index (κ1) is 4.09. The van der Waals surface area contributed by atoms with Gasteiger partial charge < -0.3 is 10.5 Å². The number of epoxide rings is 1. The molecule has 2 heteroatoms. The molecular weight excluding hydrogens is 78.0 g/mol. The van der Waals surface area contributed by atoms with Crippen molar-refractivity contribution in [1.82, 2.24) is 0 Å². The Balaban J connectivity index is 2.28. The van der Waals surface area contributed by atoms with E-state index in [2.05, 4.69) is 0 Å². The number of nitrogens with two attached hydrogens (primary N) is 1. The molecule has 1 fully saturated rings. The molecule has 1 unspecified atom stereocenters. The molecule has 1 heterocycles. The van der Waals surface area contributed by atoms with E-state index in [1.165, 1.54) is 0 Å². The largest absolute Gasteiger partial charge is 0.354 e. The molecule has 1 aliphatic heterocycles. The third kappa shape index (κ3) is 0.533. The van der Waals surface area contributed by atoms with Gasteiger partial charge in [-0.3, -0.25) is 0 Å². The lowest BCUT2D eigenvalue weighted by atomic mass is 10.3. The van der Waals surface area contributed by atoms with E-state index in [4.69, 9.17) is 10.5 Å². The molecule has 1 atom stereocenters. The highest BCUT2D eigenvalue weighted by Gasteiger charge is 2.37. The molecule has 1 rings (SSSR count). The molecule has 0 spiro atoms. The molecule has 2 N–H and O–H groups in total. The molecule has 0 aromatic rings. The predicted octanol–water partition coefficient (Wildman–Crippen LogP) is 0.0816. The van der Waals surface area contributed by atoms with Crippen molar-refractivity contribution in [2.75, 3.05) is 6.61 Å². The monoisotopic (exact) mass is 87.1 g/mol. The van der Waals surface area contributed by atoms with Gasteiger partial charge in [-0.1, -0.05) is 6.92 Å². The molecule has 0 radical (unpaired) electrons. The summed E-state index contributed by atoms with van der Waals surface area (Å²) in [5, 5.41) is 0. The molecule has 0 amide bonds. The summed E-state index contributed by atoms with van der Waals surface area (Å²) >= 11 is 0. The molecule has 0 aromatic carbocycles. The van der Waals surface area contributed by atoms with Crippen LogP contribution in [0.1, 0.15) is 13.3 Å². The third-order valence-corrected chi connectivity index (χ3v) is 1.11. The lowest BCUT2D eigenvalue weighted by Gasteiger charge is -1.93. The fourth-order valence-electron chi connectivity index (χ4n) is 0.297. The Hall–Kier alpha value is -0.0800. The molecule has 36 valence electrons. The normalized spacial score (nSPS) is 43.0. The average molecular weight is 87.1 g/mol. The smallest absolute Gasteiger partial charge is 0.140 e. The summed E-state index contributed by atoms with van der Waals surface area (Å²) in [6.45, 7) is 2.77. The molecule has 1 saturated heterocycles. The van der Waals surface area contributed by atoms with E-state index in [1.54, 1.807) is 0 Å². The molecule has 0 aliphatic carbocycles. The number of ether oxygens (including phenoxy) is 1. The molecule has 0 bridgehead atoms.